The molecule has 0 amide bonds. The number of rotatable bonds is 4. The zero-order valence-electron chi connectivity index (χ0n) is 22.7. The van der Waals surface area contributed by atoms with Crippen molar-refractivity contribution in [2.75, 3.05) is 7.11 Å². The van der Waals surface area contributed by atoms with E-state index < -0.39 is 28.2 Å². The molecular weight excluding hydrogens is 466 g/mol. The SMILES string of the molecule is COc1ccc2c(c1)CC(C)(C(=O)O)Cn1c3c(c(C4CCCCC4)c1-2)C=CC(C(=O)O)(C(C)(C)C)C3. The van der Waals surface area contributed by atoms with Crippen molar-refractivity contribution in [3.63, 3.8) is 0 Å². The summed E-state index contributed by atoms with van der Waals surface area (Å²) in [5.74, 6) is -0.591. The quantitative estimate of drug-likeness (QED) is 0.492. The summed E-state index contributed by atoms with van der Waals surface area (Å²) in [6, 6.07) is 6.01. The highest BCUT2D eigenvalue weighted by atomic mass is 16.5. The number of ether oxygens (including phenoxy) is 1. The maximum atomic E-state index is 12.8. The van der Waals surface area contributed by atoms with Gasteiger partial charge >= 0.3 is 11.9 Å². The second-order valence-electron chi connectivity index (χ2n) is 12.6. The monoisotopic (exact) mass is 505 g/mol. The summed E-state index contributed by atoms with van der Waals surface area (Å²) in [6.07, 6.45) is 10.5. The fourth-order valence-corrected chi connectivity index (χ4v) is 6.93. The summed E-state index contributed by atoms with van der Waals surface area (Å²) >= 11 is 0. The summed E-state index contributed by atoms with van der Waals surface area (Å²) in [4.78, 5) is 25.5. The highest BCUT2D eigenvalue weighted by molar-refractivity contribution is 5.86. The minimum Gasteiger partial charge on any atom is -0.497 e. The van der Waals surface area contributed by atoms with Gasteiger partial charge in [-0.15, -0.1) is 0 Å². The molecule has 0 bridgehead atoms. The Labute approximate surface area is 219 Å². The third-order valence-corrected chi connectivity index (χ3v) is 9.34. The molecule has 1 aromatic carbocycles. The van der Waals surface area contributed by atoms with E-state index in [4.69, 9.17) is 4.74 Å². The van der Waals surface area contributed by atoms with Gasteiger partial charge in [-0.25, -0.2) is 0 Å². The largest absolute Gasteiger partial charge is 0.497 e. The Morgan fingerprint density at radius 2 is 1.76 bits per heavy atom. The van der Waals surface area contributed by atoms with Gasteiger partial charge in [-0.05, 0) is 72.4 Å². The van der Waals surface area contributed by atoms with Crippen LogP contribution in [0.1, 0.15) is 88.1 Å². The lowest BCUT2D eigenvalue weighted by Gasteiger charge is -2.41. The molecule has 37 heavy (non-hydrogen) atoms. The fraction of sp³-hybridized carbons (Fsp3) is 0.548. The molecule has 0 saturated heterocycles. The summed E-state index contributed by atoms with van der Waals surface area (Å²) in [5, 5.41) is 20.9. The van der Waals surface area contributed by atoms with Crippen molar-refractivity contribution in [3.05, 3.63) is 46.7 Å². The zero-order valence-corrected chi connectivity index (χ0v) is 22.7. The molecule has 1 fully saturated rings. The lowest BCUT2D eigenvalue weighted by atomic mass is 9.61. The molecule has 1 aromatic heterocycles. The first kappa shape index (κ1) is 25.6. The van der Waals surface area contributed by atoms with E-state index in [2.05, 4.69) is 10.6 Å². The Morgan fingerprint density at radius 3 is 2.35 bits per heavy atom. The van der Waals surface area contributed by atoms with E-state index >= 15 is 0 Å². The number of methoxy groups -OCH3 is 1. The van der Waals surface area contributed by atoms with Crippen LogP contribution in [0, 0.1) is 16.2 Å². The Kier molecular flexibility index (Phi) is 6.08. The molecule has 1 saturated carbocycles. The van der Waals surface area contributed by atoms with Gasteiger partial charge in [0.2, 0.25) is 0 Å². The van der Waals surface area contributed by atoms with Crippen LogP contribution in [-0.2, 0) is 29.0 Å². The lowest BCUT2D eigenvalue weighted by Crippen LogP contribution is -2.45. The summed E-state index contributed by atoms with van der Waals surface area (Å²) in [6.45, 7) is 8.06. The molecule has 0 spiro atoms. The topological polar surface area (TPSA) is 88.8 Å². The molecule has 2 heterocycles. The number of aliphatic carboxylic acids is 2. The third-order valence-electron chi connectivity index (χ3n) is 9.34. The van der Waals surface area contributed by atoms with Gasteiger partial charge in [-0.1, -0.05) is 52.2 Å². The van der Waals surface area contributed by atoms with Gasteiger partial charge in [0.25, 0.3) is 0 Å². The number of carbonyl (C=O) groups is 2. The minimum atomic E-state index is -1.08. The number of nitrogens with zero attached hydrogens (tertiary/aromatic N) is 1. The maximum Gasteiger partial charge on any atom is 0.314 e. The van der Waals surface area contributed by atoms with E-state index in [1.54, 1.807) is 7.11 Å². The van der Waals surface area contributed by atoms with Crippen LogP contribution in [-0.4, -0.2) is 33.8 Å². The second kappa shape index (κ2) is 8.78. The molecule has 1 aliphatic heterocycles. The van der Waals surface area contributed by atoms with Gasteiger partial charge in [-0.2, -0.15) is 0 Å². The molecule has 198 valence electrons. The summed E-state index contributed by atoms with van der Waals surface area (Å²) in [7, 11) is 1.63. The fourth-order valence-electron chi connectivity index (χ4n) is 6.93. The maximum absolute atomic E-state index is 12.8. The molecule has 2 N–H and O–H groups in total. The minimum absolute atomic E-state index is 0.303. The van der Waals surface area contributed by atoms with Crippen LogP contribution >= 0.6 is 0 Å². The molecule has 6 heteroatoms. The van der Waals surface area contributed by atoms with E-state index in [1.165, 1.54) is 24.8 Å². The van der Waals surface area contributed by atoms with Crippen molar-refractivity contribution in [2.24, 2.45) is 16.2 Å². The van der Waals surface area contributed by atoms with Crippen molar-refractivity contribution in [1.82, 2.24) is 4.57 Å². The van der Waals surface area contributed by atoms with Crippen molar-refractivity contribution in [2.45, 2.75) is 85.1 Å². The van der Waals surface area contributed by atoms with Gasteiger partial charge in [0.15, 0.2) is 0 Å². The summed E-state index contributed by atoms with van der Waals surface area (Å²) < 4.78 is 7.72. The van der Waals surface area contributed by atoms with Crippen LogP contribution in [0.2, 0.25) is 0 Å². The molecule has 0 radical (unpaired) electrons. The lowest BCUT2D eigenvalue weighted by molar-refractivity contribution is -0.152. The Bertz CT molecular complexity index is 1290. The number of aromatic nitrogens is 1. The van der Waals surface area contributed by atoms with Crippen LogP contribution in [0.4, 0.5) is 0 Å². The van der Waals surface area contributed by atoms with Crippen molar-refractivity contribution < 1.29 is 24.5 Å². The zero-order chi connectivity index (χ0) is 26.8. The predicted octanol–water partition coefficient (Wildman–Crippen LogP) is 6.54. The number of hydrogen-bond acceptors (Lipinski definition) is 3. The molecule has 6 nitrogen and oxygen atoms in total. The summed E-state index contributed by atoms with van der Waals surface area (Å²) in [5.41, 5.74) is 3.82. The first-order valence-corrected chi connectivity index (χ1v) is 13.5. The smallest absolute Gasteiger partial charge is 0.314 e. The molecule has 3 aliphatic rings. The molecule has 2 aromatic rings. The Balaban J connectivity index is 1.84. The van der Waals surface area contributed by atoms with Crippen LogP contribution in [0.15, 0.2) is 24.3 Å². The van der Waals surface area contributed by atoms with Gasteiger partial charge in [-0.3, -0.25) is 9.59 Å². The number of hydrogen-bond donors (Lipinski definition) is 2. The number of carboxylic acids is 2. The molecule has 2 aliphatic carbocycles. The van der Waals surface area contributed by atoms with Gasteiger partial charge in [0.05, 0.1) is 23.6 Å². The molecule has 5 rings (SSSR count). The second-order valence-corrected chi connectivity index (χ2v) is 12.6. The first-order valence-electron chi connectivity index (χ1n) is 13.5. The number of fused-ring (bicyclic) bond motifs is 5. The predicted molar refractivity (Wildman–Crippen MR) is 144 cm³/mol. The number of benzene rings is 1. The van der Waals surface area contributed by atoms with Crippen LogP contribution < -0.4 is 4.74 Å². The van der Waals surface area contributed by atoms with Gasteiger partial charge in [0.1, 0.15) is 5.75 Å². The normalized spacial score (nSPS) is 25.5. The molecule has 2 atom stereocenters. The van der Waals surface area contributed by atoms with E-state index in [-0.39, 0.29) is 0 Å². The highest BCUT2D eigenvalue weighted by Crippen LogP contribution is 2.53. The van der Waals surface area contributed by atoms with Crippen LogP contribution in [0.25, 0.3) is 17.3 Å². The standard InChI is InChI=1S/C31H39NO5/c1-29(2,3)31(28(35)36)14-13-23-24(17-31)32-18-30(4,27(33)34)16-20-15-21(37-5)11-12-22(20)26(32)25(23)19-9-7-6-8-10-19/h11-15,19H,6-10,16-18H2,1-5H3,(H,33,34)(H,35,36). The molecular formula is C31H39NO5. The van der Waals surface area contributed by atoms with E-state index in [1.807, 2.05) is 52.0 Å². The van der Waals surface area contributed by atoms with Crippen molar-refractivity contribution in [3.8, 4) is 17.0 Å². The van der Waals surface area contributed by atoms with Gasteiger partial charge < -0.3 is 19.5 Å². The van der Waals surface area contributed by atoms with Crippen LogP contribution in [0.5, 0.6) is 5.75 Å². The third kappa shape index (κ3) is 3.91. The van der Waals surface area contributed by atoms with Crippen molar-refractivity contribution >= 4 is 18.0 Å². The molecule has 2 unspecified atom stereocenters. The Morgan fingerprint density at radius 1 is 1.05 bits per heavy atom. The van der Waals surface area contributed by atoms with Gasteiger partial charge in [0, 0.05) is 24.2 Å². The Hall–Kier alpha value is -3.02. The van der Waals surface area contributed by atoms with E-state index in [0.717, 1.165) is 40.9 Å². The van der Waals surface area contributed by atoms with E-state index in [9.17, 15) is 19.8 Å². The average molecular weight is 506 g/mol. The van der Waals surface area contributed by atoms with Crippen LogP contribution in [0.3, 0.4) is 0 Å². The average Bonchev–Trinajstić information content (AvgIpc) is 3.08. The van der Waals surface area contributed by atoms with E-state index in [0.29, 0.717) is 31.1 Å². The number of carboxylic acid groups (broad SMARTS) is 2. The first-order chi connectivity index (χ1) is 17.4. The van der Waals surface area contributed by atoms with Crippen molar-refractivity contribution in [1.29, 1.82) is 0 Å². The highest BCUT2D eigenvalue weighted by Gasteiger charge is 2.51.